The molecule has 0 bridgehead atoms. The third-order valence-corrected chi connectivity index (χ3v) is 2.16. The highest BCUT2D eigenvalue weighted by atomic mass is 35.5. The van der Waals surface area contributed by atoms with Crippen LogP contribution >= 0.6 is 11.6 Å². The number of benzene rings is 1. The first kappa shape index (κ1) is 9.21. The van der Waals surface area contributed by atoms with E-state index in [4.69, 9.17) is 16.1 Å². The Balaban J connectivity index is 2.61. The molecule has 0 unspecified atom stereocenters. The van der Waals surface area contributed by atoms with Gasteiger partial charge in [-0.3, -0.25) is 0 Å². The van der Waals surface area contributed by atoms with Crippen LogP contribution in [0.3, 0.4) is 0 Å². The van der Waals surface area contributed by atoms with Gasteiger partial charge in [0.25, 0.3) is 0 Å². The highest BCUT2D eigenvalue weighted by Crippen LogP contribution is 2.29. The monoisotopic (exact) mass is 211 g/mol. The maximum absolute atomic E-state index is 13.4. The summed E-state index contributed by atoms with van der Waals surface area (Å²) in [4.78, 5) is 0. The van der Waals surface area contributed by atoms with Crippen LogP contribution in [0.15, 0.2) is 28.8 Å². The molecule has 0 atom stereocenters. The number of aromatic nitrogens is 1. The third kappa shape index (κ3) is 1.51. The first-order valence-corrected chi connectivity index (χ1v) is 4.44. The van der Waals surface area contributed by atoms with Gasteiger partial charge in [0.1, 0.15) is 17.3 Å². The molecule has 0 aliphatic carbocycles. The normalized spacial score (nSPS) is 10.5. The largest absolute Gasteiger partial charge is 0.361 e. The minimum Gasteiger partial charge on any atom is -0.361 e. The summed E-state index contributed by atoms with van der Waals surface area (Å²) in [6.45, 7) is 1.74. The molecule has 14 heavy (non-hydrogen) atoms. The molecule has 1 aromatic heterocycles. The van der Waals surface area contributed by atoms with Crippen LogP contribution in [-0.2, 0) is 0 Å². The first-order chi connectivity index (χ1) is 6.68. The second-order valence-electron chi connectivity index (χ2n) is 2.92. The summed E-state index contributed by atoms with van der Waals surface area (Å²) in [5.74, 6) is 0.227. The minimum atomic E-state index is -0.397. The Morgan fingerprint density at radius 2 is 2.21 bits per heavy atom. The number of aryl methyl sites for hydroxylation is 1. The van der Waals surface area contributed by atoms with Gasteiger partial charge in [0.05, 0.1) is 10.6 Å². The van der Waals surface area contributed by atoms with E-state index in [0.717, 1.165) is 0 Å². The van der Waals surface area contributed by atoms with E-state index in [0.29, 0.717) is 16.5 Å². The zero-order chi connectivity index (χ0) is 10.1. The van der Waals surface area contributed by atoms with Crippen molar-refractivity contribution in [2.75, 3.05) is 0 Å². The molecule has 2 rings (SSSR count). The van der Waals surface area contributed by atoms with Gasteiger partial charge in [0, 0.05) is 6.07 Å². The molecule has 0 saturated heterocycles. The van der Waals surface area contributed by atoms with Gasteiger partial charge in [-0.25, -0.2) is 4.39 Å². The summed E-state index contributed by atoms with van der Waals surface area (Å²) < 4.78 is 18.2. The average Bonchev–Trinajstić information content (AvgIpc) is 2.51. The summed E-state index contributed by atoms with van der Waals surface area (Å²) in [6.07, 6.45) is 0. The first-order valence-electron chi connectivity index (χ1n) is 4.06. The van der Waals surface area contributed by atoms with E-state index < -0.39 is 5.82 Å². The zero-order valence-electron chi connectivity index (χ0n) is 7.42. The van der Waals surface area contributed by atoms with Crippen LogP contribution in [0.1, 0.15) is 5.76 Å². The molecule has 0 aliphatic rings. The van der Waals surface area contributed by atoms with Crippen molar-refractivity contribution in [3.05, 3.63) is 40.9 Å². The maximum Gasteiger partial charge on any atom is 0.134 e. The Kier molecular flexibility index (Phi) is 2.25. The molecule has 0 radical (unpaired) electrons. The Morgan fingerprint density at radius 3 is 2.79 bits per heavy atom. The van der Waals surface area contributed by atoms with Crippen molar-refractivity contribution in [2.45, 2.75) is 6.92 Å². The summed E-state index contributed by atoms with van der Waals surface area (Å²) in [5.41, 5.74) is 0.705. The fourth-order valence-electron chi connectivity index (χ4n) is 1.23. The summed E-state index contributed by atoms with van der Waals surface area (Å²) in [5, 5.41) is 4.04. The fraction of sp³-hybridized carbons (Fsp3) is 0.100. The molecule has 2 aromatic rings. The lowest BCUT2D eigenvalue weighted by atomic mass is 10.1. The smallest absolute Gasteiger partial charge is 0.134 e. The van der Waals surface area contributed by atoms with E-state index in [1.807, 2.05) is 0 Å². The molecular formula is C10H7ClFNO. The van der Waals surface area contributed by atoms with Gasteiger partial charge in [-0.1, -0.05) is 22.8 Å². The van der Waals surface area contributed by atoms with Crippen molar-refractivity contribution in [3.8, 4) is 11.3 Å². The SMILES string of the molecule is Cc1cc(-c2c(F)cccc2Cl)no1. The molecule has 1 heterocycles. The quantitative estimate of drug-likeness (QED) is 0.722. The number of hydrogen-bond acceptors (Lipinski definition) is 2. The van der Waals surface area contributed by atoms with Crippen LogP contribution in [0.25, 0.3) is 11.3 Å². The molecule has 4 heteroatoms. The van der Waals surface area contributed by atoms with E-state index in [-0.39, 0.29) is 5.56 Å². The number of hydrogen-bond donors (Lipinski definition) is 0. The van der Waals surface area contributed by atoms with Gasteiger partial charge in [-0.15, -0.1) is 0 Å². The third-order valence-electron chi connectivity index (χ3n) is 1.85. The number of halogens is 2. The molecule has 0 N–H and O–H groups in total. The highest BCUT2D eigenvalue weighted by Gasteiger charge is 2.12. The maximum atomic E-state index is 13.4. The van der Waals surface area contributed by atoms with Gasteiger partial charge in [-0.05, 0) is 19.1 Å². The van der Waals surface area contributed by atoms with Crippen LogP contribution in [0.2, 0.25) is 5.02 Å². The van der Waals surface area contributed by atoms with E-state index >= 15 is 0 Å². The lowest BCUT2D eigenvalue weighted by Gasteiger charge is -2.00. The predicted octanol–water partition coefficient (Wildman–Crippen LogP) is 3.44. The van der Waals surface area contributed by atoms with Crippen LogP contribution in [0, 0.1) is 12.7 Å². The van der Waals surface area contributed by atoms with Gasteiger partial charge in [0.2, 0.25) is 0 Å². The highest BCUT2D eigenvalue weighted by molar-refractivity contribution is 6.33. The van der Waals surface area contributed by atoms with Crippen LogP contribution < -0.4 is 0 Å². The Hall–Kier alpha value is -1.35. The molecule has 1 aromatic carbocycles. The van der Waals surface area contributed by atoms with Gasteiger partial charge in [-0.2, -0.15) is 0 Å². The van der Waals surface area contributed by atoms with E-state index in [9.17, 15) is 4.39 Å². The Bertz CT molecular complexity index is 447. The van der Waals surface area contributed by atoms with Crippen molar-refractivity contribution >= 4 is 11.6 Å². The number of nitrogens with zero attached hydrogens (tertiary/aromatic N) is 1. The van der Waals surface area contributed by atoms with Crippen molar-refractivity contribution in [3.63, 3.8) is 0 Å². The summed E-state index contributed by atoms with van der Waals surface area (Å²) >= 11 is 5.85. The topological polar surface area (TPSA) is 26.0 Å². The van der Waals surface area contributed by atoms with Crippen LogP contribution in [-0.4, -0.2) is 5.16 Å². The Labute approximate surface area is 85.3 Å². The molecule has 0 spiro atoms. The molecule has 0 amide bonds. The van der Waals surface area contributed by atoms with Crippen molar-refractivity contribution < 1.29 is 8.91 Å². The van der Waals surface area contributed by atoms with Gasteiger partial charge < -0.3 is 4.52 Å². The predicted molar refractivity (Wildman–Crippen MR) is 51.6 cm³/mol. The van der Waals surface area contributed by atoms with Crippen LogP contribution in [0.5, 0.6) is 0 Å². The van der Waals surface area contributed by atoms with Crippen molar-refractivity contribution in [1.29, 1.82) is 0 Å². The summed E-state index contributed by atoms with van der Waals surface area (Å²) in [6, 6.07) is 6.15. The molecule has 2 nitrogen and oxygen atoms in total. The molecule has 0 saturated carbocycles. The van der Waals surface area contributed by atoms with E-state index in [1.165, 1.54) is 6.07 Å². The Morgan fingerprint density at radius 1 is 1.43 bits per heavy atom. The van der Waals surface area contributed by atoms with Gasteiger partial charge in [0.15, 0.2) is 0 Å². The standard InChI is InChI=1S/C10H7ClFNO/c1-6-5-9(13-14-6)10-7(11)3-2-4-8(10)12/h2-5H,1H3. The summed E-state index contributed by atoms with van der Waals surface area (Å²) in [7, 11) is 0. The molecule has 0 aliphatic heterocycles. The molecule has 0 fully saturated rings. The van der Waals surface area contributed by atoms with E-state index in [2.05, 4.69) is 5.16 Å². The molecule has 72 valence electrons. The van der Waals surface area contributed by atoms with Crippen molar-refractivity contribution in [2.24, 2.45) is 0 Å². The van der Waals surface area contributed by atoms with Gasteiger partial charge >= 0.3 is 0 Å². The van der Waals surface area contributed by atoms with E-state index in [1.54, 1.807) is 25.1 Å². The average molecular weight is 212 g/mol. The second kappa shape index (κ2) is 3.42. The van der Waals surface area contributed by atoms with Crippen molar-refractivity contribution in [1.82, 2.24) is 5.16 Å². The lowest BCUT2D eigenvalue weighted by molar-refractivity contribution is 0.399. The second-order valence-corrected chi connectivity index (χ2v) is 3.33. The van der Waals surface area contributed by atoms with Crippen LogP contribution in [0.4, 0.5) is 4.39 Å². The zero-order valence-corrected chi connectivity index (χ0v) is 8.18. The fourth-order valence-corrected chi connectivity index (χ4v) is 1.49. The molecular weight excluding hydrogens is 205 g/mol. The number of rotatable bonds is 1. The lowest BCUT2D eigenvalue weighted by Crippen LogP contribution is -1.84. The minimum absolute atomic E-state index is 0.283.